The van der Waals surface area contributed by atoms with Crippen molar-refractivity contribution in [3.8, 4) is 5.69 Å². The zero-order valence-electron chi connectivity index (χ0n) is 13.6. The van der Waals surface area contributed by atoms with Crippen LogP contribution in [0.15, 0.2) is 30.5 Å². The van der Waals surface area contributed by atoms with Gasteiger partial charge in [-0.05, 0) is 52.8 Å². The highest BCUT2D eigenvalue weighted by atomic mass is 35.5. The Balaban J connectivity index is 1.94. The third-order valence-corrected chi connectivity index (χ3v) is 4.75. The molecule has 2 heterocycles. The van der Waals surface area contributed by atoms with E-state index in [9.17, 15) is 0 Å². The minimum atomic E-state index is -0.405. The Morgan fingerprint density at radius 1 is 1.14 bits per heavy atom. The number of hydrogen-bond acceptors (Lipinski definition) is 3. The van der Waals surface area contributed by atoms with Crippen molar-refractivity contribution in [1.29, 1.82) is 0 Å². The van der Waals surface area contributed by atoms with Gasteiger partial charge in [0.2, 0.25) is 0 Å². The molecule has 0 N–H and O–H groups in total. The number of aromatic nitrogens is 2. The molecular weight excluding hydrogens is 298 g/mol. The average Bonchev–Trinajstić information content (AvgIpc) is 2.88. The Bertz CT molecular complexity index is 696. The number of halogens is 1. The van der Waals surface area contributed by atoms with E-state index in [1.54, 1.807) is 0 Å². The molecular formula is C16H20BClN2O2. The fraction of sp³-hybridized carbons (Fsp3) is 0.438. The molecule has 0 bridgehead atoms. The summed E-state index contributed by atoms with van der Waals surface area (Å²) in [5, 5.41) is 5.24. The number of benzene rings is 1. The summed E-state index contributed by atoms with van der Waals surface area (Å²) in [6, 6.07) is 7.59. The molecule has 0 atom stereocenters. The molecule has 0 unspecified atom stereocenters. The Morgan fingerprint density at radius 2 is 1.77 bits per heavy atom. The summed E-state index contributed by atoms with van der Waals surface area (Å²) in [5.41, 5.74) is 2.03. The van der Waals surface area contributed by atoms with Gasteiger partial charge in [-0.3, -0.25) is 0 Å². The van der Waals surface area contributed by atoms with Crippen LogP contribution in [0, 0.1) is 6.92 Å². The van der Waals surface area contributed by atoms with E-state index in [1.807, 2.05) is 69.8 Å². The minimum Gasteiger partial charge on any atom is -0.399 e. The molecule has 1 saturated heterocycles. The number of aryl methyl sites for hydroxylation is 1. The first-order valence-electron chi connectivity index (χ1n) is 7.37. The second kappa shape index (κ2) is 5.12. The molecule has 0 radical (unpaired) electrons. The fourth-order valence-electron chi connectivity index (χ4n) is 2.43. The van der Waals surface area contributed by atoms with Crippen LogP contribution in [0.5, 0.6) is 0 Å². The molecule has 0 spiro atoms. The fourth-order valence-corrected chi connectivity index (χ4v) is 2.61. The third-order valence-electron chi connectivity index (χ3n) is 4.52. The molecule has 1 aliphatic heterocycles. The standard InChI is InChI=1S/C16H20BClN2O2/c1-11-14(17-21-15(2,3)16(4,5)22-17)10-20(19-11)13-8-6-7-12(18)9-13/h6-10H,1-5H3. The average molecular weight is 319 g/mol. The Labute approximate surface area is 136 Å². The van der Waals surface area contributed by atoms with Crippen molar-refractivity contribution in [3.05, 3.63) is 41.2 Å². The summed E-state index contributed by atoms with van der Waals surface area (Å²) in [6.45, 7) is 10.1. The molecule has 22 heavy (non-hydrogen) atoms. The van der Waals surface area contributed by atoms with Gasteiger partial charge in [-0.1, -0.05) is 17.7 Å². The van der Waals surface area contributed by atoms with E-state index in [1.165, 1.54) is 0 Å². The van der Waals surface area contributed by atoms with Gasteiger partial charge in [0.05, 0.1) is 22.6 Å². The molecule has 0 amide bonds. The van der Waals surface area contributed by atoms with Gasteiger partial charge in [-0.15, -0.1) is 0 Å². The summed E-state index contributed by atoms with van der Waals surface area (Å²) >= 11 is 6.05. The van der Waals surface area contributed by atoms with Crippen molar-refractivity contribution >= 4 is 24.2 Å². The van der Waals surface area contributed by atoms with Gasteiger partial charge in [0.1, 0.15) is 0 Å². The van der Waals surface area contributed by atoms with E-state index in [0.717, 1.165) is 16.8 Å². The number of rotatable bonds is 2. The molecule has 116 valence electrons. The topological polar surface area (TPSA) is 36.3 Å². The number of nitrogens with zero attached hydrogens (tertiary/aromatic N) is 2. The highest BCUT2D eigenvalue weighted by molar-refractivity contribution is 6.62. The predicted molar refractivity (Wildman–Crippen MR) is 89.0 cm³/mol. The lowest BCUT2D eigenvalue weighted by molar-refractivity contribution is 0.00578. The third kappa shape index (κ3) is 2.58. The first kappa shape index (κ1) is 15.6. The highest BCUT2D eigenvalue weighted by Gasteiger charge is 2.52. The van der Waals surface area contributed by atoms with Crippen molar-refractivity contribution in [1.82, 2.24) is 9.78 Å². The van der Waals surface area contributed by atoms with Crippen LogP contribution in [0.4, 0.5) is 0 Å². The molecule has 0 saturated carbocycles. The zero-order chi connectivity index (χ0) is 16.1. The molecule has 1 fully saturated rings. The van der Waals surface area contributed by atoms with Crippen LogP contribution in [0.3, 0.4) is 0 Å². The van der Waals surface area contributed by atoms with E-state index in [-0.39, 0.29) is 11.2 Å². The van der Waals surface area contributed by atoms with E-state index < -0.39 is 7.12 Å². The molecule has 0 aliphatic carbocycles. The van der Waals surface area contributed by atoms with Crippen LogP contribution in [-0.4, -0.2) is 28.1 Å². The van der Waals surface area contributed by atoms with Gasteiger partial charge in [-0.25, -0.2) is 4.68 Å². The molecule has 6 heteroatoms. The van der Waals surface area contributed by atoms with Gasteiger partial charge in [-0.2, -0.15) is 5.10 Å². The van der Waals surface area contributed by atoms with E-state index in [2.05, 4.69) is 5.10 Å². The van der Waals surface area contributed by atoms with Crippen LogP contribution in [0.2, 0.25) is 5.02 Å². The van der Waals surface area contributed by atoms with Crippen LogP contribution in [0.25, 0.3) is 5.69 Å². The molecule has 1 aromatic carbocycles. The number of hydrogen-bond donors (Lipinski definition) is 0. The maximum atomic E-state index is 6.10. The Kier molecular flexibility index (Phi) is 3.63. The normalized spacial score (nSPS) is 19.6. The van der Waals surface area contributed by atoms with Crippen LogP contribution < -0.4 is 5.46 Å². The summed E-state index contributed by atoms with van der Waals surface area (Å²) in [6.07, 6.45) is 1.95. The maximum absolute atomic E-state index is 6.10. The summed E-state index contributed by atoms with van der Waals surface area (Å²) in [5.74, 6) is 0. The van der Waals surface area contributed by atoms with Crippen molar-refractivity contribution in [2.45, 2.75) is 45.8 Å². The first-order chi connectivity index (χ1) is 10.2. The maximum Gasteiger partial charge on any atom is 0.498 e. The minimum absolute atomic E-state index is 0.359. The predicted octanol–water partition coefficient (Wildman–Crippen LogP) is 3.13. The van der Waals surface area contributed by atoms with Crippen molar-refractivity contribution in [3.63, 3.8) is 0 Å². The van der Waals surface area contributed by atoms with Gasteiger partial charge in [0, 0.05) is 16.7 Å². The van der Waals surface area contributed by atoms with E-state index in [0.29, 0.717) is 5.02 Å². The molecule has 2 aromatic rings. The van der Waals surface area contributed by atoms with E-state index >= 15 is 0 Å². The molecule has 1 aliphatic rings. The largest absolute Gasteiger partial charge is 0.498 e. The summed E-state index contributed by atoms with van der Waals surface area (Å²) in [7, 11) is -0.405. The molecule has 4 nitrogen and oxygen atoms in total. The van der Waals surface area contributed by atoms with E-state index in [4.69, 9.17) is 20.9 Å². The van der Waals surface area contributed by atoms with Crippen molar-refractivity contribution in [2.24, 2.45) is 0 Å². The highest BCUT2D eigenvalue weighted by Crippen LogP contribution is 2.36. The van der Waals surface area contributed by atoms with Crippen LogP contribution >= 0.6 is 11.6 Å². The quantitative estimate of drug-likeness (QED) is 0.798. The zero-order valence-corrected chi connectivity index (χ0v) is 14.3. The lowest BCUT2D eigenvalue weighted by atomic mass is 9.79. The van der Waals surface area contributed by atoms with Crippen molar-refractivity contribution in [2.75, 3.05) is 0 Å². The van der Waals surface area contributed by atoms with Gasteiger partial charge in [0.25, 0.3) is 0 Å². The molecule has 1 aromatic heterocycles. The monoisotopic (exact) mass is 318 g/mol. The summed E-state index contributed by atoms with van der Waals surface area (Å²) in [4.78, 5) is 0. The summed E-state index contributed by atoms with van der Waals surface area (Å²) < 4.78 is 14.0. The van der Waals surface area contributed by atoms with Gasteiger partial charge >= 0.3 is 7.12 Å². The smallest absolute Gasteiger partial charge is 0.399 e. The Hall–Kier alpha value is -1.30. The second-order valence-electron chi connectivity index (χ2n) is 6.68. The van der Waals surface area contributed by atoms with Gasteiger partial charge < -0.3 is 9.31 Å². The SMILES string of the molecule is Cc1nn(-c2cccc(Cl)c2)cc1B1OC(C)(C)C(C)(C)O1. The van der Waals surface area contributed by atoms with Crippen LogP contribution in [0.1, 0.15) is 33.4 Å². The van der Waals surface area contributed by atoms with Crippen molar-refractivity contribution < 1.29 is 9.31 Å². The second-order valence-corrected chi connectivity index (χ2v) is 7.12. The molecule has 3 rings (SSSR count). The lowest BCUT2D eigenvalue weighted by Gasteiger charge is -2.32. The van der Waals surface area contributed by atoms with Crippen LogP contribution in [-0.2, 0) is 9.31 Å². The first-order valence-corrected chi connectivity index (χ1v) is 7.75. The lowest BCUT2D eigenvalue weighted by Crippen LogP contribution is -2.41. The Morgan fingerprint density at radius 3 is 2.36 bits per heavy atom. The van der Waals surface area contributed by atoms with Gasteiger partial charge in [0.15, 0.2) is 0 Å².